The summed E-state index contributed by atoms with van der Waals surface area (Å²) in [6.07, 6.45) is 3.09. The molecule has 0 amide bonds. The van der Waals surface area contributed by atoms with Crippen molar-refractivity contribution in [1.82, 2.24) is 0 Å². The SMILES string of the molecule is O=C(C=Cc1ccc(-c2ccc([N+](=O)[O-])cc2)o1)c1ccc2ccccc2c1. The summed E-state index contributed by atoms with van der Waals surface area (Å²) >= 11 is 0. The van der Waals surface area contributed by atoms with Crippen LogP contribution in [0, 0.1) is 10.1 Å². The van der Waals surface area contributed by atoms with Crippen molar-refractivity contribution in [1.29, 1.82) is 0 Å². The van der Waals surface area contributed by atoms with E-state index in [-0.39, 0.29) is 11.5 Å². The smallest absolute Gasteiger partial charge is 0.269 e. The molecule has 0 aliphatic heterocycles. The number of carbonyl (C=O) groups excluding carboxylic acids is 1. The van der Waals surface area contributed by atoms with E-state index in [0.717, 1.165) is 16.3 Å². The van der Waals surface area contributed by atoms with Gasteiger partial charge in [-0.3, -0.25) is 14.9 Å². The zero-order chi connectivity index (χ0) is 19.5. The number of furan rings is 1. The van der Waals surface area contributed by atoms with Crippen LogP contribution in [0.3, 0.4) is 0 Å². The third-order valence-corrected chi connectivity index (χ3v) is 4.42. The number of nitrogens with zero attached hydrogens (tertiary/aromatic N) is 1. The van der Waals surface area contributed by atoms with Crippen LogP contribution in [-0.4, -0.2) is 10.7 Å². The van der Waals surface area contributed by atoms with Gasteiger partial charge >= 0.3 is 0 Å². The molecular formula is C23H15NO4. The van der Waals surface area contributed by atoms with Crippen LogP contribution in [0.4, 0.5) is 5.69 Å². The highest BCUT2D eigenvalue weighted by Crippen LogP contribution is 2.25. The van der Waals surface area contributed by atoms with Gasteiger partial charge in [0.15, 0.2) is 5.78 Å². The molecule has 5 nitrogen and oxygen atoms in total. The van der Waals surface area contributed by atoms with Crippen molar-refractivity contribution < 1.29 is 14.1 Å². The Bertz CT molecular complexity index is 1200. The first-order valence-electron chi connectivity index (χ1n) is 8.66. The van der Waals surface area contributed by atoms with Crippen molar-refractivity contribution in [2.75, 3.05) is 0 Å². The normalized spacial score (nSPS) is 11.1. The molecule has 28 heavy (non-hydrogen) atoms. The minimum atomic E-state index is -0.446. The molecule has 0 aliphatic rings. The summed E-state index contributed by atoms with van der Waals surface area (Å²) in [6.45, 7) is 0. The van der Waals surface area contributed by atoms with Gasteiger partial charge in [-0.2, -0.15) is 0 Å². The number of allylic oxidation sites excluding steroid dienone is 1. The minimum Gasteiger partial charge on any atom is -0.457 e. The summed E-state index contributed by atoms with van der Waals surface area (Å²) in [4.78, 5) is 22.7. The maximum atomic E-state index is 12.4. The van der Waals surface area contributed by atoms with Crippen molar-refractivity contribution in [3.63, 3.8) is 0 Å². The molecule has 4 rings (SSSR count). The molecule has 136 valence electrons. The molecule has 0 atom stereocenters. The molecule has 0 aliphatic carbocycles. The highest BCUT2D eigenvalue weighted by molar-refractivity contribution is 6.08. The molecule has 4 aromatic rings. The first-order chi connectivity index (χ1) is 13.6. The van der Waals surface area contributed by atoms with Crippen LogP contribution in [0.2, 0.25) is 0 Å². The van der Waals surface area contributed by atoms with Gasteiger partial charge in [-0.15, -0.1) is 0 Å². The lowest BCUT2D eigenvalue weighted by Gasteiger charge is -2.00. The van der Waals surface area contributed by atoms with E-state index < -0.39 is 4.92 Å². The molecule has 0 saturated heterocycles. The summed E-state index contributed by atoms with van der Waals surface area (Å²) in [5, 5.41) is 12.8. The van der Waals surface area contributed by atoms with E-state index in [1.54, 1.807) is 36.4 Å². The van der Waals surface area contributed by atoms with Crippen LogP contribution in [-0.2, 0) is 0 Å². The number of fused-ring (bicyclic) bond motifs is 1. The van der Waals surface area contributed by atoms with Gasteiger partial charge in [-0.1, -0.05) is 36.4 Å². The maximum Gasteiger partial charge on any atom is 0.269 e. The summed E-state index contributed by atoms with van der Waals surface area (Å²) in [7, 11) is 0. The van der Waals surface area contributed by atoms with Gasteiger partial charge in [-0.25, -0.2) is 0 Å². The Labute approximate surface area is 160 Å². The first-order valence-corrected chi connectivity index (χ1v) is 8.66. The van der Waals surface area contributed by atoms with E-state index in [1.165, 1.54) is 18.2 Å². The Morgan fingerprint density at radius 2 is 1.64 bits per heavy atom. The van der Waals surface area contributed by atoms with Crippen LogP contribution in [0.25, 0.3) is 28.2 Å². The average molecular weight is 369 g/mol. The van der Waals surface area contributed by atoms with Crippen LogP contribution in [0.15, 0.2) is 89.4 Å². The van der Waals surface area contributed by atoms with Crippen LogP contribution < -0.4 is 0 Å². The van der Waals surface area contributed by atoms with Gasteiger partial charge in [0.2, 0.25) is 0 Å². The Hall–Kier alpha value is -3.99. The number of non-ortho nitro benzene ring substituents is 1. The predicted octanol–water partition coefficient (Wildman–Crippen LogP) is 5.90. The molecule has 0 N–H and O–H groups in total. The predicted molar refractivity (Wildman–Crippen MR) is 108 cm³/mol. The molecule has 0 saturated carbocycles. The van der Waals surface area contributed by atoms with E-state index in [9.17, 15) is 14.9 Å². The van der Waals surface area contributed by atoms with Crippen LogP contribution >= 0.6 is 0 Å². The number of benzene rings is 3. The maximum absolute atomic E-state index is 12.4. The quantitative estimate of drug-likeness (QED) is 0.190. The fourth-order valence-corrected chi connectivity index (χ4v) is 2.94. The van der Waals surface area contributed by atoms with Crippen molar-refractivity contribution in [2.45, 2.75) is 0 Å². The fourth-order valence-electron chi connectivity index (χ4n) is 2.94. The van der Waals surface area contributed by atoms with Gasteiger partial charge in [0.25, 0.3) is 5.69 Å². The van der Waals surface area contributed by atoms with Gasteiger partial charge in [0, 0.05) is 23.3 Å². The molecular weight excluding hydrogens is 354 g/mol. The third kappa shape index (κ3) is 3.59. The Morgan fingerprint density at radius 1 is 0.893 bits per heavy atom. The van der Waals surface area contributed by atoms with Crippen molar-refractivity contribution in [3.8, 4) is 11.3 Å². The molecule has 1 heterocycles. The second kappa shape index (κ2) is 7.32. The minimum absolute atomic E-state index is 0.0245. The number of hydrogen-bond donors (Lipinski definition) is 0. The number of rotatable bonds is 5. The highest BCUT2D eigenvalue weighted by Gasteiger charge is 2.08. The van der Waals surface area contributed by atoms with E-state index in [2.05, 4.69) is 0 Å². The van der Waals surface area contributed by atoms with E-state index in [0.29, 0.717) is 17.1 Å². The van der Waals surface area contributed by atoms with Gasteiger partial charge < -0.3 is 4.42 Å². The van der Waals surface area contributed by atoms with Gasteiger partial charge in [0.05, 0.1) is 4.92 Å². The molecule has 0 fully saturated rings. The average Bonchev–Trinajstić information content (AvgIpc) is 3.21. The molecule has 5 heteroatoms. The molecule has 0 radical (unpaired) electrons. The lowest BCUT2D eigenvalue weighted by atomic mass is 10.0. The monoisotopic (exact) mass is 369 g/mol. The number of ketones is 1. The van der Waals surface area contributed by atoms with Gasteiger partial charge in [0.1, 0.15) is 11.5 Å². The Kier molecular flexibility index (Phi) is 4.56. The summed E-state index contributed by atoms with van der Waals surface area (Å²) in [5.41, 5.74) is 1.36. The van der Waals surface area contributed by atoms with Gasteiger partial charge in [-0.05, 0) is 53.3 Å². The van der Waals surface area contributed by atoms with E-state index in [1.807, 2.05) is 36.4 Å². The van der Waals surface area contributed by atoms with Crippen molar-refractivity contribution in [3.05, 3.63) is 106 Å². The topological polar surface area (TPSA) is 73.3 Å². The number of hydrogen-bond acceptors (Lipinski definition) is 4. The lowest BCUT2D eigenvalue weighted by Crippen LogP contribution is -1.93. The second-order valence-electron chi connectivity index (χ2n) is 6.27. The van der Waals surface area contributed by atoms with Crippen molar-refractivity contribution >= 4 is 28.3 Å². The molecule has 3 aromatic carbocycles. The Morgan fingerprint density at radius 3 is 2.39 bits per heavy atom. The molecule has 0 unspecified atom stereocenters. The zero-order valence-corrected chi connectivity index (χ0v) is 14.7. The van der Waals surface area contributed by atoms with E-state index in [4.69, 9.17) is 4.42 Å². The molecule has 0 bridgehead atoms. The third-order valence-electron chi connectivity index (χ3n) is 4.42. The summed E-state index contributed by atoms with van der Waals surface area (Å²) in [5.74, 6) is 0.995. The van der Waals surface area contributed by atoms with Crippen LogP contribution in [0.5, 0.6) is 0 Å². The second-order valence-corrected chi connectivity index (χ2v) is 6.27. The summed E-state index contributed by atoms with van der Waals surface area (Å²) in [6, 6.07) is 23.1. The van der Waals surface area contributed by atoms with Crippen molar-refractivity contribution in [2.24, 2.45) is 0 Å². The largest absolute Gasteiger partial charge is 0.457 e. The summed E-state index contributed by atoms with van der Waals surface area (Å²) < 4.78 is 5.72. The highest BCUT2D eigenvalue weighted by atomic mass is 16.6. The molecule has 0 spiro atoms. The zero-order valence-electron chi connectivity index (χ0n) is 14.7. The standard InChI is InChI=1S/C23H15NO4/c25-22(19-6-5-16-3-1-2-4-18(16)15-19)13-11-21-12-14-23(28-21)17-7-9-20(10-8-17)24(26)27/h1-15H. The number of carbonyl (C=O) groups is 1. The fraction of sp³-hybridized carbons (Fsp3) is 0. The van der Waals surface area contributed by atoms with E-state index >= 15 is 0 Å². The number of nitro benzene ring substituents is 1. The molecule has 1 aromatic heterocycles. The number of nitro groups is 1. The Balaban J connectivity index is 1.51. The van der Waals surface area contributed by atoms with Crippen LogP contribution in [0.1, 0.15) is 16.1 Å². The first kappa shape index (κ1) is 17.4. The lowest BCUT2D eigenvalue weighted by molar-refractivity contribution is -0.384.